The summed E-state index contributed by atoms with van der Waals surface area (Å²) in [7, 11) is 0. The third-order valence-electron chi connectivity index (χ3n) is 1.64. The van der Waals surface area contributed by atoms with E-state index < -0.39 is 6.43 Å². The highest BCUT2D eigenvalue weighted by Gasteiger charge is 2.18. The molecule has 1 aromatic rings. The average Bonchev–Trinajstić information content (AvgIpc) is 2.17. The molecule has 1 rings (SSSR count). The van der Waals surface area contributed by atoms with Crippen molar-refractivity contribution in [3.05, 3.63) is 27.5 Å². The van der Waals surface area contributed by atoms with Crippen molar-refractivity contribution in [1.29, 1.82) is 0 Å². The molecule has 0 bridgehead atoms. The summed E-state index contributed by atoms with van der Waals surface area (Å²) in [5.41, 5.74) is 0.271. The van der Waals surface area contributed by atoms with Gasteiger partial charge in [0.05, 0.1) is 0 Å². The first-order valence-corrected chi connectivity index (χ1v) is 5.49. The number of carbonyl (C=O) groups excluding carboxylic acids is 1. The number of pyridine rings is 1. The Labute approximate surface area is 96.0 Å². The molecule has 0 saturated carbocycles. The first kappa shape index (κ1) is 11.7. The number of alkyl halides is 3. The SMILES string of the molecule is O=Cc1cnc(C(F)F)c(CBr)c1Br. The lowest BCUT2D eigenvalue weighted by Gasteiger charge is -2.08. The van der Waals surface area contributed by atoms with Gasteiger partial charge in [-0.25, -0.2) is 8.78 Å². The minimum Gasteiger partial charge on any atom is -0.298 e. The quantitative estimate of drug-likeness (QED) is 0.628. The van der Waals surface area contributed by atoms with Crippen molar-refractivity contribution in [3.8, 4) is 0 Å². The van der Waals surface area contributed by atoms with Crippen molar-refractivity contribution < 1.29 is 13.6 Å². The summed E-state index contributed by atoms with van der Waals surface area (Å²) in [4.78, 5) is 14.0. The molecular weight excluding hydrogens is 324 g/mol. The van der Waals surface area contributed by atoms with E-state index in [-0.39, 0.29) is 16.6 Å². The number of aromatic nitrogens is 1. The second-order valence-electron chi connectivity index (χ2n) is 2.44. The van der Waals surface area contributed by atoms with Crippen molar-refractivity contribution in [3.63, 3.8) is 0 Å². The van der Waals surface area contributed by atoms with Crippen LogP contribution in [0.3, 0.4) is 0 Å². The van der Waals surface area contributed by atoms with Gasteiger partial charge in [-0.05, 0) is 15.9 Å². The van der Waals surface area contributed by atoms with E-state index in [1.807, 2.05) is 0 Å². The van der Waals surface area contributed by atoms with Crippen LogP contribution in [-0.2, 0) is 5.33 Å². The van der Waals surface area contributed by atoms with Crippen molar-refractivity contribution in [2.75, 3.05) is 0 Å². The van der Waals surface area contributed by atoms with Crippen LogP contribution in [0.2, 0.25) is 0 Å². The number of carbonyl (C=O) groups is 1. The molecule has 0 radical (unpaired) electrons. The van der Waals surface area contributed by atoms with Gasteiger partial charge in [-0.2, -0.15) is 0 Å². The predicted octanol–water partition coefficient (Wildman–Crippen LogP) is 3.49. The number of nitrogens with zero attached hydrogens (tertiary/aromatic N) is 1. The van der Waals surface area contributed by atoms with Gasteiger partial charge in [-0.15, -0.1) is 0 Å². The van der Waals surface area contributed by atoms with Crippen LogP contribution in [-0.4, -0.2) is 11.3 Å². The van der Waals surface area contributed by atoms with Crippen LogP contribution in [0.4, 0.5) is 8.78 Å². The molecule has 0 aliphatic carbocycles. The van der Waals surface area contributed by atoms with Gasteiger partial charge in [0.25, 0.3) is 6.43 Å². The fraction of sp³-hybridized carbons (Fsp3) is 0.250. The van der Waals surface area contributed by atoms with Gasteiger partial charge in [-0.1, -0.05) is 15.9 Å². The molecule has 14 heavy (non-hydrogen) atoms. The van der Waals surface area contributed by atoms with E-state index in [2.05, 4.69) is 36.8 Å². The molecule has 76 valence electrons. The molecular formula is C8H5Br2F2NO. The van der Waals surface area contributed by atoms with Crippen molar-refractivity contribution in [2.45, 2.75) is 11.8 Å². The Morgan fingerprint density at radius 3 is 2.64 bits per heavy atom. The highest BCUT2D eigenvalue weighted by atomic mass is 79.9. The Balaban J connectivity index is 3.35. The lowest BCUT2D eigenvalue weighted by molar-refractivity contribution is 0.112. The standard InChI is InChI=1S/C8H5Br2F2NO/c9-1-5-6(10)4(3-14)2-13-7(5)8(11)12/h2-3,8H,1H2. The lowest BCUT2D eigenvalue weighted by Crippen LogP contribution is -2.00. The van der Waals surface area contributed by atoms with Gasteiger partial charge in [0.15, 0.2) is 6.29 Å². The second kappa shape index (κ2) is 4.93. The van der Waals surface area contributed by atoms with E-state index in [0.29, 0.717) is 16.3 Å². The molecule has 0 N–H and O–H groups in total. The largest absolute Gasteiger partial charge is 0.298 e. The van der Waals surface area contributed by atoms with Gasteiger partial charge in [-0.3, -0.25) is 9.78 Å². The molecule has 6 heteroatoms. The minimum absolute atomic E-state index is 0.224. The molecule has 2 nitrogen and oxygen atoms in total. The van der Waals surface area contributed by atoms with E-state index in [1.165, 1.54) is 0 Å². The summed E-state index contributed by atoms with van der Waals surface area (Å²) in [5.74, 6) is 0. The Hall–Kier alpha value is -0.360. The molecule has 0 amide bonds. The van der Waals surface area contributed by atoms with E-state index in [1.54, 1.807) is 0 Å². The summed E-state index contributed by atoms with van der Waals surface area (Å²) in [6.45, 7) is 0. The number of aldehydes is 1. The Morgan fingerprint density at radius 2 is 2.21 bits per heavy atom. The van der Waals surface area contributed by atoms with Crippen LogP contribution in [0.15, 0.2) is 10.7 Å². The molecule has 0 atom stereocenters. The zero-order chi connectivity index (χ0) is 10.7. The van der Waals surface area contributed by atoms with Crippen LogP contribution in [0.5, 0.6) is 0 Å². The highest BCUT2D eigenvalue weighted by molar-refractivity contribution is 9.10. The Kier molecular flexibility index (Phi) is 4.12. The first-order chi connectivity index (χ1) is 6.61. The fourth-order valence-electron chi connectivity index (χ4n) is 0.958. The topological polar surface area (TPSA) is 30.0 Å². The molecule has 0 unspecified atom stereocenters. The third-order valence-corrected chi connectivity index (χ3v) is 3.13. The summed E-state index contributed by atoms with van der Waals surface area (Å²) in [6.07, 6.45) is -0.942. The Morgan fingerprint density at radius 1 is 1.57 bits per heavy atom. The summed E-state index contributed by atoms with van der Waals surface area (Å²) < 4.78 is 25.2. The number of halogens is 4. The molecule has 0 spiro atoms. The van der Waals surface area contributed by atoms with Gasteiger partial charge in [0, 0.05) is 27.1 Å². The maximum atomic E-state index is 12.4. The van der Waals surface area contributed by atoms with Crippen LogP contribution >= 0.6 is 31.9 Å². The van der Waals surface area contributed by atoms with Crippen LogP contribution in [0, 0.1) is 0 Å². The second-order valence-corrected chi connectivity index (χ2v) is 3.80. The number of hydrogen-bond donors (Lipinski definition) is 0. The van der Waals surface area contributed by atoms with E-state index in [9.17, 15) is 13.6 Å². The van der Waals surface area contributed by atoms with Crippen LogP contribution in [0.25, 0.3) is 0 Å². The van der Waals surface area contributed by atoms with Crippen molar-refractivity contribution >= 4 is 38.1 Å². The Bertz CT molecular complexity index is 357. The fourth-order valence-corrected chi connectivity index (χ4v) is 2.44. The van der Waals surface area contributed by atoms with E-state index >= 15 is 0 Å². The normalized spacial score (nSPS) is 10.6. The summed E-state index contributed by atoms with van der Waals surface area (Å²) >= 11 is 6.16. The molecule has 1 aromatic heterocycles. The number of hydrogen-bond acceptors (Lipinski definition) is 2. The van der Waals surface area contributed by atoms with E-state index in [0.717, 1.165) is 6.20 Å². The third kappa shape index (κ3) is 2.17. The summed E-state index contributed by atoms with van der Waals surface area (Å²) in [5, 5.41) is 0.224. The molecule has 0 aromatic carbocycles. The average molecular weight is 329 g/mol. The minimum atomic E-state index is -2.64. The van der Waals surface area contributed by atoms with Gasteiger partial charge in [0.2, 0.25) is 0 Å². The maximum Gasteiger partial charge on any atom is 0.280 e. The molecule has 0 saturated heterocycles. The first-order valence-electron chi connectivity index (χ1n) is 3.58. The molecule has 0 aliphatic heterocycles. The smallest absolute Gasteiger partial charge is 0.280 e. The molecule has 0 fully saturated rings. The predicted molar refractivity (Wildman–Crippen MR) is 54.9 cm³/mol. The zero-order valence-corrected chi connectivity index (χ0v) is 9.98. The zero-order valence-electron chi connectivity index (χ0n) is 6.81. The monoisotopic (exact) mass is 327 g/mol. The van der Waals surface area contributed by atoms with Gasteiger partial charge in [0.1, 0.15) is 5.69 Å². The van der Waals surface area contributed by atoms with Crippen molar-refractivity contribution in [1.82, 2.24) is 4.98 Å². The summed E-state index contributed by atoms with van der Waals surface area (Å²) in [6, 6.07) is 0. The van der Waals surface area contributed by atoms with Gasteiger partial charge >= 0.3 is 0 Å². The van der Waals surface area contributed by atoms with Gasteiger partial charge < -0.3 is 0 Å². The molecule has 1 heterocycles. The van der Waals surface area contributed by atoms with E-state index in [4.69, 9.17) is 0 Å². The highest BCUT2D eigenvalue weighted by Crippen LogP contribution is 2.30. The number of rotatable bonds is 3. The lowest BCUT2D eigenvalue weighted by atomic mass is 10.1. The molecule has 0 aliphatic rings. The van der Waals surface area contributed by atoms with Crippen molar-refractivity contribution in [2.24, 2.45) is 0 Å². The van der Waals surface area contributed by atoms with Crippen LogP contribution < -0.4 is 0 Å². The van der Waals surface area contributed by atoms with Crippen LogP contribution in [0.1, 0.15) is 28.0 Å². The maximum absolute atomic E-state index is 12.4.